The van der Waals surface area contributed by atoms with Gasteiger partial charge < -0.3 is 4.90 Å². The molecule has 10 heteroatoms. The molecule has 1 atom stereocenters. The van der Waals surface area contributed by atoms with Crippen molar-refractivity contribution in [1.29, 1.82) is 5.26 Å². The van der Waals surface area contributed by atoms with Gasteiger partial charge in [-0.1, -0.05) is 6.32 Å². The van der Waals surface area contributed by atoms with E-state index in [1.807, 2.05) is 5.97 Å². The Labute approximate surface area is 149 Å². The SMILES string of the molecule is N#CB1CCC(N2CCN(c3ccc([N+](=O)[O-])cc3F)CC2)C(F)(F)C1. The average molecular weight is 366 g/mol. The summed E-state index contributed by atoms with van der Waals surface area (Å²) in [7, 11) is 0. The van der Waals surface area contributed by atoms with Crippen molar-refractivity contribution in [3.05, 3.63) is 34.1 Å². The van der Waals surface area contributed by atoms with E-state index >= 15 is 0 Å². The Balaban J connectivity index is 1.65. The fourth-order valence-corrected chi connectivity index (χ4v) is 3.84. The number of piperazine rings is 1. The van der Waals surface area contributed by atoms with Gasteiger partial charge in [0.25, 0.3) is 18.3 Å². The van der Waals surface area contributed by atoms with Crippen LogP contribution in [0.5, 0.6) is 0 Å². The maximum atomic E-state index is 14.4. The van der Waals surface area contributed by atoms with Crippen LogP contribution >= 0.6 is 0 Å². The summed E-state index contributed by atoms with van der Waals surface area (Å²) in [5.41, 5.74) is -0.0750. The van der Waals surface area contributed by atoms with Crippen molar-refractivity contribution in [1.82, 2.24) is 4.90 Å². The van der Waals surface area contributed by atoms with Crippen LogP contribution in [0.1, 0.15) is 6.42 Å². The lowest BCUT2D eigenvalue weighted by atomic mass is 9.41. The minimum Gasteiger partial charge on any atom is -0.367 e. The molecule has 3 rings (SSSR count). The topological polar surface area (TPSA) is 73.4 Å². The molecule has 0 bridgehead atoms. The van der Waals surface area contributed by atoms with Crippen molar-refractivity contribution in [2.45, 2.75) is 31.0 Å². The third-order valence-electron chi connectivity index (χ3n) is 5.22. The van der Waals surface area contributed by atoms with Crippen molar-refractivity contribution in [3.63, 3.8) is 0 Å². The molecule has 6 nitrogen and oxygen atoms in total. The van der Waals surface area contributed by atoms with Crippen LogP contribution in [0.2, 0.25) is 12.6 Å². The molecular weight excluding hydrogens is 348 g/mol. The number of nitrogens with zero attached hydrogens (tertiary/aromatic N) is 4. The Bertz CT molecular complexity index is 735. The Kier molecular flexibility index (Phi) is 5.09. The largest absolute Gasteiger partial charge is 0.367 e. The van der Waals surface area contributed by atoms with Crippen LogP contribution in [-0.2, 0) is 0 Å². The van der Waals surface area contributed by atoms with Crippen LogP contribution in [0.25, 0.3) is 0 Å². The summed E-state index contributed by atoms with van der Waals surface area (Å²) in [5.74, 6) is -1.66. The normalized spacial score (nSPS) is 23.5. The highest BCUT2D eigenvalue weighted by Gasteiger charge is 2.49. The molecule has 2 aliphatic rings. The molecule has 0 N–H and O–H groups in total. The first-order chi connectivity index (χ1) is 12.3. The smallest absolute Gasteiger partial charge is 0.273 e. The Morgan fingerprint density at radius 1 is 1.31 bits per heavy atom. The van der Waals surface area contributed by atoms with Gasteiger partial charge in [-0.05, 0) is 12.5 Å². The van der Waals surface area contributed by atoms with Crippen molar-refractivity contribution in [2.75, 3.05) is 31.1 Å². The number of benzene rings is 1. The summed E-state index contributed by atoms with van der Waals surface area (Å²) in [5, 5.41) is 19.6. The van der Waals surface area contributed by atoms with Crippen LogP contribution in [0.15, 0.2) is 18.2 Å². The number of hydrogen-bond acceptors (Lipinski definition) is 5. The number of hydrogen-bond donors (Lipinski definition) is 0. The van der Waals surface area contributed by atoms with Gasteiger partial charge in [0.2, 0.25) is 0 Å². The molecule has 1 aromatic carbocycles. The lowest BCUT2D eigenvalue weighted by molar-refractivity contribution is -0.385. The summed E-state index contributed by atoms with van der Waals surface area (Å²) in [4.78, 5) is 13.5. The highest BCUT2D eigenvalue weighted by molar-refractivity contribution is 6.67. The van der Waals surface area contributed by atoms with Gasteiger partial charge in [0.05, 0.1) is 22.7 Å². The number of non-ortho nitro benzene ring substituents is 1. The average Bonchev–Trinajstić information content (AvgIpc) is 2.61. The van der Waals surface area contributed by atoms with Crippen LogP contribution in [0.3, 0.4) is 0 Å². The van der Waals surface area contributed by atoms with Crippen molar-refractivity contribution in [3.8, 4) is 5.97 Å². The summed E-state index contributed by atoms with van der Waals surface area (Å²) < 4.78 is 42.9. The van der Waals surface area contributed by atoms with Crippen molar-refractivity contribution >= 4 is 18.1 Å². The molecule has 2 fully saturated rings. The van der Waals surface area contributed by atoms with Gasteiger partial charge in [0, 0.05) is 44.5 Å². The van der Waals surface area contributed by atoms with E-state index in [1.54, 1.807) is 9.80 Å². The minimum atomic E-state index is -2.90. The molecule has 1 aromatic rings. The highest BCUT2D eigenvalue weighted by Crippen LogP contribution is 2.38. The second kappa shape index (κ2) is 7.15. The molecule has 0 spiro atoms. The van der Waals surface area contributed by atoms with E-state index in [4.69, 9.17) is 5.26 Å². The Morgan fingerprint density at radius 3 is 2.54 bits per heavy atom. The number of nitro groups is 1. The molecule has 0 saturated carbocycles. The van der Waals surface area contributed by atoms with Crippen LogP contribution in [0, 0.1) is 27.2 Å². The molecule has 2 heterocycles. The first-order valence-corrected chi connectivity index (χ1v) is 8.52. The van der Waals surface area contributed by atoms with E-state index in [0.717, 1.165) is 6.07 Å². The van der Waals surface area contributed by atoms with Crippen molar-refractivity contribution in [2.24, 2.45) is 0 Å². The van der Waals surface area contributed by atoms with Crippen molar-refractivity contribution < 1.29 is 18.1 Å². The van der Waals surface area contributed by atoms with Crippen LogP contribution < -0.4 is 4.90 Å². The zero-order valence-corrected chi connectivity index (χ0v) is 14.1. The number of nitro benzene ring substituents is 1. The number of halogens is 3. The van der Waals surface area contributed by atoms with E-state index < -0.39 is 35.7 Å². The monoisotopic (exact) mass is 366 g/mol. The standard InChI is InChI=1S/C16H18BF3N4O2/c18-13-9-12(24(25)26)1-2-14(13)22-5-7-23(8-6-22)15-3-4-17(11-21)10-16(15,19)20/h1-2,9,15H,3-8,10H2. The second-order valence-corrected chi connectivity index (χ2v) is 6.80. The number of rotatable bonds is 3. The highest BCUT2D eigenvalue weighted by atomic mass is 19.3. The Morgan fingerprint density at radius 2 is 2.00 bits per heavy atom. The van der Waals surface area contributed by atoms with E-state index in [1.165, 1.54) is 12.1 Å². The molecular formula is C16H18BF3N4O2. The second-order valence-electron chi connectivity index (χ2n) is 6.80. The number of anilines is 1. The van der Waals surface area contributed by atoms with E-state index in [9.17, 15) is 23.3 Å². The van der Waals surface area contributed by atoms with E-state index in [2.05, 4.69) is 0 Å². The number of alkyl halides is 2. The predicted octanol–water partition coefficient (Wildman–Crippen LogP) is 2.82. The molecule has 26 heavy (non-hydrogen) atoms. The van der Waals surface area contributed by atoms with E-state index in [-0.39, 0.29) is 17.8 Å². The van der Waals surface area contributed by atoms with Gasteiger partial charge in [0.15, 0.2) is 5.82 Å². The molecule has 1 unspecified atom stereocenters. The summed E-state index contributed by atoms with van der Waals surface area (Å²) in [6.45, 7) is 0.838. The molecule has 0 radical (unpaired) electrons. The molecule has 2 aliphatic heterocycles. The van der Waals surface area contributed by atoms with Gasteiger partial charge in [-0.25, -0.2) is 18.4 Å². The lowest BCUT2D eigenvalue weighted by Crippen LogP contribution is -2.58. The van der Waals surface area contributed by atoms with Gasteiger partial charge in [-0.3, -0.25) is 15.0 Å². The first kappa shape index (κ1) is 18.5. The molecule has 2 saturated heterocycles. The van der Waals surface area contributed by atoms with Gasteiger partial charge in [-0.15, -0.1) is 0 Å². The molecule has 0 aliphatic carbocycles. The van der Waals surface area contributed by atoms with E-state index in [0.29, 0.717) is 32.5 Å². The number of nitriles is 1. The predicted molar refractivity (Wildman–Crippen MR) is 91.2 cm³/mol. The quantitative estimate of drug-likeness (QED) is 0.467. The fraction of sp³-hybridized carbons (Fsp3) is 0.562. The molecule has 0 aromatic heterocycles. The van der Waals surface area contributed by atoms with Gasteiger partial charge in [0.1, 0.15) is 0 Å². The third kappa shape index (κ3) is 3.63. The molecule has 0 amide bonds. The fourth-order valence-electron chi connectivity index (χ4n) is 3.84. The lowest BCUT2D eigenvalue weighted by Gasteiger charge is -2.44. The van der Waals surface area contributed by atoms with Crippen LogP contribution in [0.4, 0.5) is 24.5 Å². The Hall–Kier alpha value is -2.28. The maximum Gasteiger partial charge on any atom is 0.273 e. The summed E-state index contributed by atoms with van der Waals surface area (Å²) >= 11 is 0. The minimum absolute atomic E-state index is 0.246. The first-order valence-electron chi connectivity index (χ1n) is 8.52. The maximum absolute atomic E-state index is 14.4. The van der Waals surface area contributed by atoms with Gasteiger partial charge in [-0.2, -0.15) is 0 Å². The third-order valence-corrected chi connectivity index (χ3v) is 5.22. The summed E-state index contributed by atoms with van der Waals surface area (Å²) in [6, 6.07) is 2.58. The zero-order valence-electron chi connectivity index (χ0n) is 14.1. The van der Waals surface area contributed by atoms with Gasteiger partial charge >= 0.3 is 0 Å². The molecule has 138 valence electrons. The summed E-state index contributed by atoms with van der Waals surface area (Å²) in [6.07, 6.45) is 0.330. The van der Waals surface area contributed by atoms with Crippen LogP contribution in [-0.4, -0.2) is 54.7 Å². The zero-order chi connectivity index (χ0) is 18.9.